The van der Waals surface area contributed by atoms with E-state index in [0.717, 1.165) is 5.56 Å². The molecule has 2 aromatic heterocycles. The van der Waals surface area contributed by atoms with Gasteiger partial charge in [-0.3, -0.25) is 0 Å². The molecule has 212 valence electrons. The van der Waals surface area contributed by atoms with Gasteiger partial charge in [-0.25, -0.2) is 19.7 Å². The number of amides is 1. The van der Waals surface area contributed by atoms with Crippen LogP contribution in [0.5, 0.6) is 0 Å². The van der Waals surface area contributed by atoms with Crippen LogP contribution in [0.15, 0.2) is 48.9 Å². The number of anilines is 4. The number of aliphatic hydroxyl groups excluding tert-OH is 1. The third-order valence-electron chi connectivity index (χ3n) is 6.27. The van der Waals surface area contributed by atoms with Crippen LogP contribution in [0, 0.1) is 5.41 Å². The SMILES string of the molecule is CCOCCNc1c(Nc2ccncn2)nc(N2CCN(C(=O)OCc3ccccc3)[C@H](C)C2)nc1C(=N)CO. The minimum Gasteiger partial charge on any atom is -0.445 e. The van der Waals surface area contributed by atoms with E-state index in [9.17, 15) is 9.90 Å². The summed E-state index contributed by atoms with van der Waals surface area (Å²) >= 11 is 0. The molecule has 40 heavy (non-hydrogen) atoms. The molecule has 1 amide bonds. The second kappa shape index (κ2) is 14.1. The topological polar surface area (TPSA) is 162 Å². The molecule has 1 aromatic carbocycles. The van der Waals surface area contributed by atoms with Gasteiger partial charge in [-0.1, -0.05) is 30.3 Å². The molecule has 1 aliphatic heterocycles. The Labute approximate surface area is 233 Å². The van der Waals surface area contributed by atoms with Crippen LogP contribution < -0.4 is 15.5 Å². The van der Waals surface area contributed by atoms with Crippen LogP contribution in [-0.4, -0.2) is 93.8 Å². The van der Waals surface area contributed by atoms with Crippen LogP contribution >= 0.6 is 0 Å². The molecule has 1 aliphatic rings. The van der Waals surface area contributed by atoms with E-state index < -0.39 is 6.61 Å². The van der Waals surface area contributed by atoms with E-state index in [1.807, 2.05) is 49.1 Å². The molecule has 13 nitrogen and oxygen atoms in total. The number of aromatic nitrogens is 4. The van der Waals surface area contributed by atoms with Crippen molar-refractivity contribution in [1.82, 2.24) is 24.8 Å². The van der Waals surface area contributed by atoms with Crippen molar-refractivity contribution in [3.8, 4) is 0 Å². The number of carbonyl (C=O) groups is 1. The first-order valence-electron chi connectivity index (χ1n) is 13.2. The van der Waals surface area contributed by atoms with Crippen molar-refractivity contribution in [2.45, 2.75) is 26.5 Å². The highest BCUT2D eigenvalue weighted by molar-refractivity contribution is 6.04. The first-order valence-corrected chi connectivity index (χ1v) is 13.2. The maximum Gasteiger partial charge on any atom is 0.410 e. The number of benzene rings is 1. The predicted octanol–water partition coefficient (Wildman–Crippen LogP) is 2.67. The van der Waals surface area contributed by atoms with Crippen LogP contribution in [-0.2, 0) is 16.1 Å². The Morgan fingerprint density at radius 3 is 2.73 bits per heavy atom. The Hall–Kier alpha value is -4.36. The van der Waals surface area contributed by atoms with E-state index in [2.05, 4.69) is 25.6 Å². The van der Waals surface area contributed by atoms with Crippen LogP contribution in [0.3, 0.4) is 0 Å². The lowest BCUT2D eigenvalue weighted by Crippen LogP contribution is -2.54. The number of nitrogens with zero attached hydrogens (tertiary/aromatic N) is 6. The summed E-state index contributed by atoms with van der Waals surface area (Å²) in [6.07, 6.45) is 2.65. The van der Waals surface area contributed by atoms with E-state index in [-0.39, 0.29) is 30.1 Å². The monoisotopic (exact) mass is 549 g/mol. The van der Waals surface area contributed by atoms with E-state index in [1.165, 1.54) is 6.33 Å². The van der Waals surface area contributed by atoms with Crippen molar-refractivity contribution in [2.24, 2.45) is 0 Å². The summed E-state index contributed by atoms with van der Waals surface area (Å²) in [5.41, 5.74) is 1.58. The van der Waals surface area contributed by atoms with Gasteiger partial charge in [-0.05, 0) is 25.5 Å². The van der Waals surface area contributed by atoms with Crippen LogP contribution in [0.2, 0.25) is 0 Å². The summed E-state index contributed by atoms with van der Waals surface area (Å²) in [6.45, 7) is 6.35. The molecule has 13 heteroatoms. The number of carbonyl (C=O) groups excluding carboxylic acids is 1. The second-order valence-corrected chi connectivity index (χ2v) is 9.10. The summed E-state index contributed by atoms with van der Waals surface area (Å²) in [4.78, 5) is 34.1. The molecule has 0 radical (unpaired) electrons. The van der Waals surface area contributed by atoms with Gasteiger partial charge in [0.15, 0.2) is 5.82 Å². The number of hydrogen-bond acceptors (Lipinski definition) is 12. The van der Waals surface area contributed by atoms with Gasteiger partial charge >= 0.3 is 6.09 Å². The quantitative estimate of drug-likeness (QED) is 0.194. The van der Waals surface area contributed by atoms with E-state index in [0.29, 0.717) is 62.7 Å². The summed E-state index contributed by atoms with van der Waals surface area (Å²) in [6, 6.07) is 11.1. The lowest BCUT2D eigenvalue weighted by Gasteiger charge is -2.39. The Balaban J connectivity index is 1.55. The van der Waals surface area contributed by atoms with Gasteiger partial charge in [0.05, 0.1) is 18.9 Å². The average molecular weight is 550 g/mol. The minimum absolute atomic E-state index is 0.0653. The summed E-state index contributed by atoms with van der Waals surface area (Å²) in [7, 11) is 0. The van der Waals surface area contributed by atoms with Gasteiger partial charge in [-0.15, -0.1) is 0 Å². The number of hydrogen-bond donors (Lipinski definition) is 4. The number of ether oxygens (including phenoxy) is 2. The zero-order valence-corrected chi connectivity index (χ0v) is 22.7. The Bertz CT molecular complexity index is 1260. The minimum atomic E-state index is -0.499. The zero-order valence-electron chi connectivity index (χ0n) is 22.7. The zero-order chi connectivity index (χ0) is 28.3. The smallest absolute Gasteiger partial charge is 0.410 e. The van der Waals surface area contributed by atoms with Crippen molar-refractivity contribution in [1.29, 1.82) is 5.41 Å². The third kappa shape index (κ3) is 7.39. The fourth-order valence-electron chi connectivity index (χ4n) is 4.23. The van der Waals surface area contributed by atoms with Crippen molar-refractivity contribution in [3.05, 3.63) is 60.2 Å². The number of nitrogens with one attached hydrogen (secondary N) is 3. The molecule has 1 saturated heterocycles. The molecule has 3 aromatic rings. The van der Waals surface area contributed by atoms with Crippen molar-refractivity contribution in [3.63, 3.8) is 0 Å². The maximum absolute atomic E-state index is 12.8. The molecule has 4 rings (SSSR count). The third-order valence-corrected chi connectivity index (χ3v) is 6.27. The normalized spacial score (nSPS) is 15.0. The summed E-state index contributed by atoms with van der Waals surface area (Å²) < 4.78 is 11.0. The predicted molar refractivity (Wildman–Crippen MR) is 151 cm³/mol. The molecular weight excluding hydrogens is 514 g/mol. The van der Waals surface area contributed by atoms with Gasteiger partial charge in [0.25, 0.3) is 0 Å². The van der Waals surface area contributed by atoms with Gasteiger partial charge in [-0.2, -0.15) is 4.98 Å². The number of rotatable bonds is 12. The van der Waals surface area contributed by atoms with Crippen molar-refractivity contribution in [2.75, 3.05) is 61.5 Å². The second-order valence-electron chi connectivity index (χ2n) is 9.10. The molecule has 1 fully saturated rings. The van der Waals surface area contributed by atoms with Crippen molar-refractivity contribution >= 4 is 35.1 Å². The standard InChI is InChI=1S/C27H35N9O4/c1-3-39-14-11-30-24-23(21(28)16-37)33-26(34-25(24)32-22-9-10-29-18-31-22)35-12-13-36(19(2)15-35)27(38)40-17-20-7-5-4-6-8-20/h4-10,18-19,28,30,37H,3,11-17H2,1-2H3,(H,29,31,32,33,34)/t19-/m1/s1. The van der Waals surface area contributed by atoms with Gasteiger partial charge < -0.3 is 40.4 Å². The molecule has 0 saturated carbocycles. The highest BCUT2D eigenvalue weighted by Gasteiger charge is 2.31. The van der Waals surface area contributed by atoms with Gasteiger partial charge in [0, 0.05) is 45.0 Å². The molecule has 1 atom stereocenters. The van der Waals surface area contributed by atoms with E-state index in [4.69, 9.17) is 19.9 Å². The summed E-state index contributed by atoms with van der Waals surface area (Å²) in [5.74, 6) is 1.27. The van der Waals surface area contributed by atoms with Gasteiger partial charge in [0.2, 0.25) is 5.95 Å². The Morgan fingerprint density at radius 2 is 2.02 bits per heavy atom. The number of piperazine rings is 1. The van der Waals surface area contributed by atoms with Crippen LogP contribution in [0.25, 0.3) is 0 Å². The fraction of sp³-hybridized carbons (Fsp3) is 0.407. The first kappa shape index (κ1) is 28.6. The molecule has 0 spiro atoms. The van der Waals surface area contributed by atoms with Crippen LogP contribution in [0.4, 0.5) is 28.1 Å². The summed E-state index contributed by atoms with van der Waals surface area (Å²) in [5, 5.41) is 24.7. The average Bonchev–Trinajstić information content (AvgIpc) is 2.99. The highest BCUT2D eigenvalue weighted by Crippen LogP contribution is 2.29. The Kier molecular flexibility index (Phi) is 10.1. The van der Waals surface area contributed by atoms with Gasteiger partial charge in [0.1, 0.15) is 30.1 Å². The van der Waals surface area contributed by atoms with E-state index >= 15 is 0 Å². The first-order chi connectivity index (χ1) is 19.5. The molecular formula is C27H35N9O4. The Morgan fingerprint density at radius 1 is 1.20 bits per heavy atom. The largest absolute Gasteiger partial charge is 0.445 e. The molecule has 0 bridgehead atoms. The van der Waals surface area contributed by atoms with E-state index in [1.54, 1.807) is 17.2 Å². The number of aliphatic hydroxyl groups is 1. The fourth-order valence-corrected chi connectivity index (χ4v) is 4.23. The maximum atomic E-state index is 12.8. The molecule has 0 aliphatic carbocycles. The lowest BCUT2D eigenvalue weighted by atomic mass is 10.2. The lowest BCUT2D eigenvalue weighted by molar-refractivity contribution is 0.0793. The molecule has 3 heterocycles. The van der Waals surface area contributed by atoms with Crippen molar-refractivity contribution < 1.29 is 19.4 Å². The highest BCUT2D eigenvalue weighted by atomic mass is 16.6. The molecule has 0 unspecified atom stereocenters. The van der Waals surface area contributed by atoms with Crippen LogP contribution in [0.1, 0.15) is 25.1 Å². The molecule has 4 N–H and O–H groups in total.